The maximum atomic E-state index is 12.2. The summed E-state index contributed by atoms with van der Waals surface area (Å²) in [5.41, 5.74) is 0. The monoisotopic (exact) mass is 160 g/mol. The molecule has 4 nitrogen and oxygen atoms in total. The second-order valence-corrected chi connectivity index (χ2v) is 1.72. The van der Waals surface area contributed by atoms with Crippen LogP contribution in [0.2, 0.25) is 0 Å². The Labute approximate surface area is 59.6 Å². The molecule has 0 fully saturated rings. The van der Waals surface area contributed by atoms with Crippen molar-refractivity contribution >= 4 is 5.82 Å². The van der Waals surface area contributed by atoms with Crippen molar-refractivity contribution in [3.63, 3.8) is 0 Å². The van der Waals surface area contributed by atoms with Gasteiger partial charge < -0.3 is 10.1 Å². The molecule has 0 radical (unpaired) electrons. The van der Waals surface area contributed by atoms with Gasteiger partial charge in [-0.3, -0.25) is 0 Å². The Morgan fingerprint density at radius 3 is 2.55 bits per heavy atom. The number of hydrogen-bond donors (Lipinski definition) is 0. The summed E-state index contributed by atoms with van der Waals surface area (Å²) < 4.78 is 24.3. The highest BCUT2D eigenvalue weighted by molar-refractivity contribution is 5.18. The van der Waals surface area contributed by atoms with E-state index in [9.17, 15) is 18.9 Å². The second-order valence-electron chi connectivity index (χ2n) is 1.72. The molecule has 0 atom stereocenters. The molecule has 1 aromatic rings. The third-order valence-electron chi connectivity index (χ3n) is 0.932. The van der Waals surface area contributed by atoms with E-state index in [1.807, 2.05) is 0 Å². The third-order valence-corrected chi connectivity index (χ3v) is 0.932. The van der Waals surface area contributed by atoms with E-state index < -0.39 is 22.5 Å². The van der Waals surface area contributed by atoms with Crippen LogP contribution >= 0.6 is 0 Å². The van der Waals surface area contributed by atoms with Gasteiger partial charge in [-0.05, 0) is 9.91 Å². The number of pyridine rings is 1. The molecule has 0 unspecified atom stereocenters. The number of hydrogen-bond acceptors (Lipinski definition) is 3. The largest absolute Gasteiger partial charge is 0.369 e. The molecule has 0 bridgehead atoms. The quantitative estimate of drug-likeness (QED) is 0.353. The summed E-state index contributed by atoms with van der Waals surface area (Å²) in [5.74, 6) is -3.04. The zero-order valence-corrected chi connectivity index (χ0v) is 5.12. The minimum atomic E-state index is -1.20. The molecule has 0 saturated carbocycles. The number of rotatable bonds is 1. The Bertz CT molecular complexity index is 282. The fourth-order valence-corrected chi connectivity index (χ4v) is 0.546. The van der Waals surface area contributed by atoms with Crippen LogP contribution < -0.4 is 0 Å². The maximum Gasteiger partial charge on any atom is 0.369 e. The average Bonchev–Trinajstić information content (AvgIpc) is 1.85. The molecule has 0 saturated heterocycles. The van der Waals surface area contributed by atoms with Crippen molar-refractivity contribution < 1.29 is 13.7 Å². The van der Waals surface area contributed by atoms with Crippen molar-refractivity contribution in [3.8, 4) is 0 Å². The molecule has 0 spiro atoms. The van der Waals surface area contributed by atoms with Crippen LogP contribution in [0.15, 0.2) is 12.1 Å². The Morgan fingerprint density at radius 2 is 2.09 bits per heavy atom. The van der Waals surface area contributed by atoms with Crippen molar-refractivity contribution in [2.45, 2.75) is 0 Å². The predicted molar refractivity (Wildman–Crippen MR) is 30.8 cm³/mol. The lowest BCUT2D eigenvalue weighted by Gasteiger charge is -1.90. The van der Waals surface area contributed by atoms with Crippen molar-refractivity contribution in [1.82, 2.24) is 4.98 Å². The minimum absolute atomic E-state index is 0.465. The Balaban J connectivity index is 3.19. The molecule has 6 heteroatoms. The van der Waals surface area contributed by atoms with E-state index in [1.54, 1.807) is 0 Å². The molecule has 0 aliphatic carbocycles. The van der Waals surface area contributed by atoms with Crippen molar-refractivity contribution in [3.05, 3.63) is 34.0 Å². The molecule has 1 aromatic heterocycles. The van der Waals surface area contributed by atoms with E-state index in [4.69, 9.17) is 0 Å². The van der Waals surface area contributed by atoms with Crippen LogP contribution in [0.3, 0.4) is 0 Å². The molecule has 11 heavy (non-hydrogen) atoms. The first-order valence-corrected chi connectivity index (χ1v) is 2.57. The van der Waals surface area contributed by atoms with Gasteiger partial charge in [0.2, 0.25) is 0 Å². The van der Waals surface area contributed by atoms with Gasteiger partial charge >= 0.3 is 11.8 Å². The molecule has 0 aliphatic rings. The molecule has 0 N–H and O–H groups in total. The SMILES string of the molecule is O=[N+]([O-])c1cc(F)cc(F)n1. The van der Waals surface area contributed by atoms with E-state index in [-0.39, 0.29) is 0 Å². The Hall–Kier alpha value is -1.59. The fraction of sp³-hybridized carbons (Fsp3) is 0. The summed E-state index contributed by atoms with van der Waals surface area (Å²) in [6, 6.07) is 1.01. The second kappa shape index (κ2) is 2.57. The summed E-state index contributed by atoms with van der Waals surface area (Å²) in [7, 11) is 0. The minimum Gasteiger partial charge on any atom is -0.358 e. The lowest BCUT2D eigenvalue weighted by Crippen LogP contribution is -1.95. The van der Waals surface area contributed by atoms with Gasteiger partial charge in [-0.2, -0.15) is 4.39 Å². The van der Waals surface area contributed by atoms with Gasteiger partial charge in [-0.25, -0.2) is 4.39 Å². The van der Waals surface area contributed by atoms with E-state index >= 15 is 0 Å². The summed E-state index contributed by atoms with van der Waals surface area (Å²) in [6.07, 6.45) is 0. The highest BCUT2D eigenvalue weighted by atomic mass is 19.1. The first-order valence-electron chi connectivity index (χ1n) is 2.57. The van der Waals surface area contributed by atoms with Crippen molar-refractivity contribution in [2.75, 3.05) is 0 Å². The van der Waals surface area contributed by atoms with Gasteiger partial charge in [0.1, 0.15) is 5.82 Å². The molecule has 0 aromatic carbocycles. The van der Waals surface area contributed by atoms with E-state index in [0.717, 1.165) is 0 Å². The standard InChI is InChI=1S/C5H2F2N2O2/c6-3-1-4(7)8-5(2-3)9(10)11/h1-2H. The molecular formula is C5H2F2N2O2. The topological polar surface area (TPSA) is 56.0 Å². The molecule has 0 amide bonds. The smallest absolute Gasteiger partial charge is 0.358 e. The lowest BCUT2D eigenvalue weighted by atomic mass is 10.4. The first-order chi connectivity index (χ1) is 5.09. The van der Waals surface area contributed by atoms with E-state index in [1.165, 1.54) is 0 Å². The maximum absolute atomic E-state index is 12.2. The summed E-state index contributed by atoms with van der Waals surface area (Å²) >= 11 is 0. The summed E-state index contributed by atoms with van der Waals surface area (Å²) in [6.45, 7) is 0. The van der Waals surface area contributed by atoms with Crippen LogP contribution in [-0.4, -0.2) is 9.91 Å². The third kappa shape index (κ3) is 1.66. The average molecular weight is 160 g/mol. The van der Waals surface area contributed by atoms with Gasteiger partial charge in [-0.1, -0.05) is 0 Å². The van der Waals surface area contributed by atoms with Crippen LogP contribution in [0.5, 0.6) is 0 Å². The van der Waals surface area contributed by atoms with Gasteiger partial charge in [0.25, 0.3) is 0 Å². The zero-order valence-electron chi connectivity index (χ0n) is 5.12. The van der Waals surface area contributed by atoms with Gasteiger partial charge in [0.15, 0.2) is 0 Å². The van der Waals surface area contributed by atoms with Crippen molar-refractivity contribution in [2.24, 2.45) is 0 Å². The number of nitrogens with zero attached hydrogens (tertiary/aromatic N) is 2. The molecule has 1 rings (SSSR count). The van der Waals surface area contributed by atoms with Gasteiger partial charge in [-0.15, -0.1) is 0 Å². The highest BCUT2D eigenvalue weighted by Gasteiger charge is 2.12. The molecule has 0 aliphatic heterocycles. The first kappa shape index (κ1) is 7.52. The highest BCUT2D eigenvalue weighted by Crippen LogP contribution is 2.09. The van der Waals surface area contributed by atoms with Crippen LogP contribution in [0.1, 0.15) is 0 Å². The van der Waals surface area contributed by atoms with E-state index in [0.29, 0.717) is 12.1 Å². The fourth-order valence-electron chi connectivity index (χ4n) is 0.546. The van der Waals surface area contributed by atoms with Crippen LogP contribution in [0.25, 0.3) is 0 Å². The predicted octanol–water partition coefficient (Wildman–Crippen LogP) is 1.27. The van der Waals surface area contributed by atoms with Crippen molar-refractivity contribution in [1.29, 1.82) is 0 Å². The molecular weight excluding hydrogens is 158 g/mol. The van der Waals surface area contributed by atoms with Gasteiger partial charge in [0, 0.05) is 0 Å². The van der Waals surface area contributed by atoms with Gasteiger partial charge in [0.05, 0.1) is 12.1 Å². The number of halogens is 2. The Kier molecular flexibility index (Phi) is 1.75. The summed E-state index contributed by atoms with van der Waals surface area (Å²) in [5, 5.41) is 9.92. The number of nitro groups is 1. The number of aromatic nitrogens is 1. The van der Waals surface area contributed by atoms with Crippen LogP contribution in [-0.2, 0) is 0 Å². The normalized spacial score (nSPS) is 9.64. The van der Waals surface area contributed by atoms with Crippen LogP contribution in [0, 0.1) is 21.9 Å². The summed E-state index contributed by atoms with van der Waals surface area (Å²) in [4.78, 5) is 11.8. The lowest BCUT2D eigenvalue weighted by molar-refractivity contribution is -0.390. The zero-order chi connectivity index (χ0) is 8.43. The van der Waals surface area contributed by atoms with E-state index in [2.05, 4.69) is 4.98 Å². The van der Waals surface area contributed by atoms with Crippen LogP contribution in [0.4, 0.5) is 14.6 Å². The molecule has 58 valence electrons. The molecule has 1 heterocycles. The Morgan fingerprint density at radius 1 is 1.45 bits per heavy atom.